The van der Waals surface area contributed by atoms with E-state index in [0.29, 0.717) is 5.56 Å². The number of aromatic hydroxyl groups is 1. The van der Waals surface area contributed by atoms with E-state index in [1.807, 2.05) is 0 Å². The molecule has 0 aromatic heterocycles. The molecule has 1 atom stereocenters. The zero-order valence-corrected chi connectivity index (χ0v) is 13.0. The van der Waals surface area contributed by atoms with Gasteiger partial charge in [-0.1, -0.05) is 6.07 Å². The molecule has 0 aliphatic carbocycles. The van der Waals surface area contributed by atoms with Crippen LogP contribution in [0, 0.1) is 0 Å². The molecule has 0 saturated heterocycles. The zero-order valence-electron chi connectivity index (χ0n) is 13.0. The Bertz CT molecular complexity index is 549. The molecule has 0 fully saturated rings. The molecule has 1 aromatic carbocycles. The van der Waals surface area contributed by atoms with Gasteiger partial charge < -0.3 is 19.7 Å². The second kappa shape index (κ2) is 7.13. The minimum absolute atomic E-state index is 0.00699. The Kier molecular flexibility index (Phi) is 5.76. The first-order valence-corrected chi connectivity index (χ1v) is 6.70. The number of hydrogen-bond donors (Lipinski definition) is 3. The minimum atomic E-state index is -1.31. The van der Waals surface area contributed by atoms with E-state index in [2.05, 4.69) is 10.1 Å². The summed E-state index contributed by atoms with van der Waals surface area (Å²) < 4.78 is 9.49. The highest BCUT2D eigenvalue weighted by Gasteiger charge is 2.19. The second-order valence-corrected chi connectivity index (χ2v) is 5.72. The van der Waals surface area contributed by atoms with E-state index in [0.717, 1.165) is 0 Å². The number of ether oxygens (including phenoxy) is 2. The Balaban J connectivity index is 2.74. The highest BCUT2D eigenvalue weighted by atomic mass is 16.6. The minimum Gasteiger partial charge on any atom is -0.506 e. The third-order valence-corrected chi connectivity index (χ3v) is 2.60. The molecule has 1 aromatic rings. The molecule has 7 heteroatoms. The smallest absolute Gasteiger partial charge is 0.412 e. The van der Waals surface area contributed by atoms with Crippen LogP contribution in [-0.2, 0) is 20.7 Å². The summed E-state index contributed by atoms with van der Waals surface area (Å²) in [6.07, 6.45) is -2.01. The zero-order chi connectivity index (χ0) is 16.9. The summed E-state index contributed by atoms with van der Waals surface area (Å²) in [6.45, 7) is 5.18. The van der Waals surface area contributed by atoms with Crippen molar-refractivity contribution in [1.29, 1.82) is 0 Å². The number of esters is 1. The standard InChI is InChI=1S/C15H21NO6/c1-15(2,3)22-14(20)16-10-6-5-9(7-11(10)17)8-12(18)13(19)21-4/h5-7,12,17-18H,8H2,1-4H3,(H,16,20). The van der Waals surface area contributed by atoms with E-state index in [9.17, 15) is 19.8 Å². The molecule has 0 radical (unpaired) electrons. The van der Waals surface area contributed by atoms with E-state index < -0.39 is 23.8 Å². The molecule has 0 heterocycles. The highest BCUT2D eigenvalue weighted by Crippen LogP contribution is 2.25. The number of phenolic OH excluding ortho intramolecular Hbond substituents is 1. The van der Waals surface area contributed by atoms with Crippen molar-refractivity contribution < 1.29 is 29.3 Å². The fraction of sp³-hybridized carbons (Fsp3) is 0.467. The predicted octanol–water partition coefficient (Wildman–Crippen LogP) is 1.82. The molecule has 122 valence electrons. The monoisotopic (exact) mass is 311 g/mol. The summed E-state index contributed by atoms with van der Waals surface area (Å²) in [5.41, 5.74) is 0.0419. The van der Waals surface area contributed by atoms with Gasteiger partial charge >= 0.3 is 12.1 Å². The molecule has 3 N–H and O–H groups in total. The van der Waals surface area contributed by atoms with Crippen LogP contribution in [-0.4, -0.2) is 41.1 Å². The molecule has 0 bridgehead atoms. The molecule has 0 aliphatic rings. The first-order chi connectivity index (χ1) is 10.1. The van der Waals surface area contributed by atoms with Crippen LogP contribution in [0.4, 0.5) is 10.5 Å². The lowest BCUT2D eigenvalue weighted by atomic mass is 10.1. The Morgan fingerprint density at radius 1 is 1.32 bits per heavy atom. The summed E-state index contributed by atoms with van der Waals surface area (Å²) in [5, 5.41) is 21.9. The number of benzene rings is 1. The van der Waals surface area contributed by atoms with E-state index >= 15 is 0 Å². The molecule has 1 amide bonds. The van der Waals surface area contributed by atoms with Crippen molar-refractivity contribution in [2.45, 2.75) is 38.9 Å². The average molecular weight is 311 g/mol. The fourth-order valence-corrected chi connectivity index (χ4v) is 1.67. The molecule has 0 spiro atoms. The summed E-state index contributed by atoms with van der Waals surface area (Å²) in [6, 6.07) is 4.37. The van der Waals surface area contributed by atoms with E-state index in [-0.39, 0.29) is 17.9 Å². The molecule has 7 nitrogen and oxygen atoms in total. The lowest BCUT2D eigenvalue weighted by Crippen LogP contribution is -2.27. The van der Waals surface area contributed by atoms with Gasteiger partial charge in [-0.15, -0.1) is 0 Å². The van der Waals surface area contributed by atoms with Crippen molar-refractivity contribution in [3.8, 4) is 5.75 Å². The van der Waals surface area contributed by atoms with Gasteiger partial charge in [-0.2, -0.15) is 0 Å². The molecular weight excluding hydrogens is 290 g/mol. The van der Waals surface area contributed by atoms with E-state index in [1.165, 1.54) is 19.2 Å². The number of carbonyl (C=O) groups excluding carboxylic acids is 2. The van der Waals surface area contributed by atoms with Gasteiger partial charge in [0.05, 0.1) is 12.8 Å². The van der Waals surface area contributed by atoms with E-state index in [4.69, 9.17) is 4.74 Å². The van der Waals surface area contributed by atoms with Crippen LogP contribution < -0.4 is 5.32 Å². The Morgan fingerprint density at radius 2 is 1.95 bits per heavy atom. The number of rotatable bonds is 4. The SMILES string of the molecule is COC(=O)C(O)Cc1ccc(NC(=O)OC(C)(C)C)c(O)c1. The quantitative estimate of drug-likeness (QED) is 0.578. The molecule has 0 aliphatic heterocycles. The topological polar surface area (TPSA) is 105 Å². The van der Waals surface area contributed by atoms with Crippen molar-refractivity contribution >= 4 is 17.7 Å². The molecular formula is C15H21NO6. The van der Waals surface area contributed by atoms with Crippen LogP contribution in [0.15, 0.2) is 18.2 Å². The number of aliphatic hydroxyl groups is 1. The summed E-state index contributed by atoms with van der Waals surface area (Å²) in [5.74, 6) is -0.948. The van der Waals surface area contributed by atoms with Gasteiger partial charge in [0.15, 0.2) is 6.10 Å². The van der Waals surface area contributed by atoms with Gasteiger partial charge in [0.1, 0.15) is 11.4 Å². The summed E-state index contributed by atoms with van der Waals surface area (Å²) >= 11 is 0. The number of methoxy groups -OCH3 is 1. The number of hydrogen-bond acceptors (Lipinski definition) is 6. The molecule has 22 heavy (non-hydrogen) atoms. The van der Waals surface area contributed by atoms with Gasteiger partial charge in [-0.25, -0.2) is 9.59 Å². The normalized spacial score (nSPS) is 12.4. The van der Waals surface area contributed by atoms with Gasteiger partial charge in [-0.3, -0.25) is 5.32 Å². The number of phenols is 1. The Labute approximate surface area is 128 Å². The fourth-order valence-electron chi connectivity index (χ4n) is 1.67. The average Bonchev–Trinajstić information content (AvgIpc) is 2.38. The maximum absolute atomic E-state index is 11.6. The van der Waals surface area contributed by atoms with E-state index in [1.54, 1.807) is 26.8 Å². The molecule has 0 saturated carbocycles. The van der Waals surface area contributed by atoms with Gasteiger partial charge in [0.2, 0.25) is 0 Å². The van der Waals surface area contributed by atoms with Crippen LogP contribution in [0.25, 0.3) is 0 Å². The number of aliphatic hydroxyl groups excluding tert-OH is 1. The van der Waals surface area contributed by atoms with Gasteiger partial charge in [0, 0.05) is 6.42 Å². The third kappa shape index (κ3) is 5.61. The van der Waals surface area contributed by atoms with Crippen LogP contribution in [0.3, 0.4) is 0 Å². The van der Waals surface area contributed by atoms with Crippen LogP contribution in [0.2, 0.25) is 0 Å². The van der Waals surface area contributed by atoms with Gasteiger partial charge in [0.25, 0.3) is 0 Å². The first kappa shape index (κ1) is 17.8. The van der Waals surface area contributed by atoms with Crippen molar-refractivity contribution in [3.05, 3.63) is 23.8 Å². The number of carbonyl (C=O) groups is 2. The highest BCUT2D eigenvalue weighted by molar-refractivity contribution is 5.87. The van der Waals surface area contributed by atoms with Crippen LogP contribution in [0.1, 0.15) is 26.3 Å². The van der Waals surface area contributed by atoms with Crippen LogP contribution >= 0.6 is 0 Å². The Morgan fingerprint density at radius 3 is 2.45 bits per heavy atom. The first-order valence-electron chi connectivity index (χ1n) is 6.70. The summed E-state index contributed by atoms with van der Waals surface area (Å²) in [4.78, 5) is 22.8. The maximum atomic E-state index is 11.6. The van der Waals surface area contributed by atoms with Crippen LogP contribution in [0.5, 0.6) is 5.75 Å². The summed E-state index contributed by atoms with van der Waals surface area (Å²) in [7, 11) is 1.18. The molecule has 1 rings (SSSR count). The second-order valence-electron chi connectivity index (χ2n) is 5.72. The molecule has 1 unspecified atom stereocenters. The lowest BCUT2D eigenvalue weighted by molar-refractivity contribution is -0.150. The maximum Gasteiger partial charge on any atom is 0.412 e. The van der Waals surface area contributed by atoms with Crippen molar-refractivity contribution in [2.24, 2.45) is 0 Å². The van der Waals surface area contributed by atoms with Crippen molar-refractivity contribution in [1.82, 2.24) is 0 Å². The predicted molar refractivity (Wildman–Crippen MR) is 79.7 cm³/mol. The van der Waals surface area contributed by atoms with Gasteiger partial charge in [-0.05, 0) is 38.5 Å². The van der Waals surface area contributed by atoms with Crippen molar-refractivity contribution in [3.63, 3.8) is 0 Å². The number of amides is 1. The number of anilines is 1. The van der Waals surface area contributed by atoms with Crippen molar-refractivity contribution in [2.75, 3.05) is 12.4 Å². The lowest BCUT2D eigenvalue weighted by Gasteiger charge is -2.20. The Hall–Kier alpha value is -2.28. The number of nitrogens with one attached hydrogen (secondary N) is 1. The largest absolute Gasteiger partial charge is 0.506 e. The third-order valence-electron chi connectivity index (χ3n) is 2.60.